The fourth-order valence-corrected chi connectivity index (χ4v) is 6.57. The lowest BCUT2D eigenvalue weighted by molar-refractivity contribution is -0.122. The van der Waals surface area contributed by atoms with E-state index in [1.807, 2.05) is 57.2 Å². The van der Waals surface area contributed by atoms with Crippen LogP contribution in [0.25, 0.3) is 0 Å². The van der Waals surface area contributed by atoms with Crippen molar-refractivity contribution in [3.05, 3.63) is 70.3 Å². The minimum absolute atomic E-state index is 0.0556. The van der Waals surface area contributed by atoms with Crippen LogP contribution in [0.2, 0.25) is 0 Å². The molecule has 3 N–H and O–H groups in total. The first-order valence-electron chi connectivity index (χ1n) is 12.1. The highest BCUT2D eigenvalue weighted by molar-refractivity contribution is 6.17. The van der Waals surface area contributed by atoms with Gasteiger partial charge in [-0.3, -0.25) is 9.69 Å². The van der Waals surface area contributed by atoms with Crippen LogP contribution in [0.15, 0.2) is 59.2 Å². The third-order valence-corrected chi connectivity index (χ3v) is 7.85. The maximum atomic E-state index is 14.7. The van der Waals surface area contributed by atoms with Crippen molar-refractivity contribution < 1.29 is 9.53 Å². The van der Waals surface area contributed by atoms with E-state index < -0.39 is 11.0 Å². The van der Waals surface area contributed by atoms with Crippen LogP contribution in [0.5, 0.6) is 5.75 Å². The molecule has 0 unspecified atom stereocenters. The van der Waals surface area contributed by atoms with Gasteiger partial charge < -0.3 is 20.7 Å². The van der Waals surface area contributed by atoms with Gasteiger partial charge in [0.25, 0.3) is 0 Å². The van der Waals surface area contributed by atoms with Crippen molar-refractivity contribution in [1.29, 1.82) is 10.5 Å². The van der Waals surface area contributed by atoms with E-state index in [2.05, 4.69) is 24.4 Å². The van der Waals surface area contributed by atoms with Gasteiger partial charge in [-0.25, -0.2) is 0 Å². The molecule has 1 amide bonds. The van der Waals surface area contributed by atoms with Gasteiger partial charge in [0.2, 0.25) is 5.91 Å². The second kappa shape index (κ2) is 7.05. The molecule has 0 aliphatic carbocycles. The summed E-state index contributed by atoms with van der Waals surface area (Å²) in [5.41, 5.74) is 8.51. The summed E-state index contributed by atoms with van der Waals surface area (Å²) in [5, 5.41) is 24.5. The summed E-state index contributed by atoms with van der Waals surface area (Å²) in [6.07, 6.45) is 0.728. The molecule has 4 aliphatic rings. The summed E-state index contributed by atoms with van der Waals surface area (Å²) >= 11 is 0. The second-order valence-corrected chi connectivity index (χ2v) is 10.3. The lowest BCUT2D eigenvalue weighted by Crippen LogP contribution is -2.55. The smallest absolute Gasteiger partial charge is 0.249 e. The van der Waals surface area contributed by atoms with Gasteiger partial charge >= 0.3 is 0 Å². The zero-order chi connectivity index (χ0) is 25.6. The lowest BCUT2D eigenvalue weighted by Gasteiger charge is -2.44. The Morgan fingerprint density at radius 1 is 1.19 bits per heavy atom. The highest BCUT2D eigenvalue weighted by atomic mass is 16.5. The van der Waals surface area contributed by atoms with Crippen molar-refractivity contribution in [3.8, 4) is 17.9 Å². The van der Waals surface area contributed by atoms with E-state index in [1.165, 1.54) is 0 Å². The highest BCUT2D eigenvalue weighted by Crippen LogP contribution is 2.62. The Balaban J connectivity index is 1.76. The van der Waals surface area contributed by atoms with Crippen molar-refractivity contribution in [3.63, 3.8) is 0 Å². The summed E-state index contributed by atoms with van der Waals surface area (Å²) in [7, 11) is 0. The number of anilines is 3. The fraction of sp³-hybridized carbons (Fsp3) is 0.321. The van der Waals surface area contributed by atoms with E-state index in [0.717, 1.165) is 29.0 Å². The number of carbonyl (C=O) groups excluding carboxylic acids is 1. The number of nitrogens with zero attached hydrogens (tertiary/aromatic N) is 4. The Kier molecular flexibility index (Phi) is 4.32. The van der Waals surface area contributed by atoms with Gasteiger partial charge in [-0.1, -0.05) is 19.1 Å². The van der Waals surface area contributed by atoms with Crippen LogP contribution in [0.1, 0.15) is 51.2 Å². The molecule has 1 spiro atoms. The number of nitrogens with two attached hydrogens (primary N) is 1. The Morgan fingerprint density at radius 3 is 2.61 bits per heavy atom. The summed E-state index contributed by atoms with van der Waals surface area (Å²) in [6, 6.07) is 15.9. The number of para-hydroxylation sites is 2. The SMILES string of the molecule is CCOc1cc2c3c(c1)[C@]1(C(=O)N3C(C)(C)C[C@H]2C)C(C#N)=C(N)N2C(=C1C#N)Nc1ccccc12. The van der Waals surface area contributed by atoms with Crippen molar-refractivity contribution in [2.24, 2.45) is 5.73 Å². The third-order valence-electron chi connectivity index (χ3n) is 7.85. The zero-order valence-electron chi connectivity index (χ0n) is 20.6. The second-order valence-electron chi connectivity index (χ2n) is 10.3. The Morgan fingerprint density at radius 2 is 1.92 bits per heavy atom. The number of benzene rings is 2. The summed E-state index contributed by atoms with van der Waals surface area (Å²) in [6.45, 7) is 8.54. The summed E-state index contributed by atoms with van der Waals surface area (Å²) in [5.74, 6) is 0.969. The average Bonchev–Trinajstić information content (AvgIpc) is 3.34. The first kappa shape index (κ1) is 22.1. The van der Waals surface area contributed by atoms with Crippen LogP contribution in [0.4, 0.5) is 17.1 Å². The Bertz CT molecular complexity index is 1520. The van der Waals surface area contributed by atoms with Gasteiger partial charge in [-0.2, -0.15) is 10.5 Å². The van der Waals surface area contributed by atoms with Crippen LogP contribution in [0, 0.1) is 22.7 Å². The molecule has 0 bridgehead atoms. The molecule has 0 aromatic heterocycles. The molecular formula is C28H26N6O2. The van der Waals surface area contributed by atoms with Gasteiger partial charge in [0, 0.05) is 11.1 Å². The maximum Gasteiger partial charge on any atom is 0.249 e. The van der Waals surface area contributed by atoms with Crippen molar-refractivity contribution in [1.82, 2.24) is 0 Å². The normalized spacial score (nSPS) is 24.7. The molecule has 0 radical (unpaired) electrons. The number of hydrogen-bond donors (Lipinski definition) is 2. The first-order valence-corrected chi connectivity index (χ1v) is 12.1. The van der Waals surface area contributed by atoms with Crippen LogP contribution < -0.4 is 25.6 Å². The van der Waals surface area contributed by atoms with Crippen molar-refractivity contribution >= 4 is 23.0 Å². The largest absolute Gasteiger partial charge is 0.494 e. The average molecular weight is 479 g/mol. The molecule has 8 heteroatoms. The molecule has 2 aromatic carbocycles. The van der Waals surface area contributed by atoms with Gasteiger partial charge in [0.15, 0.2) is 5.41 Å². The summed E-state index contributed by atoms with van der Waals surface area (Å²) in [4.78, 5) is 18.2. The molecule has 0 saturated carbocycles. The number of fused-ring (bicyclic) bond motifs is 4. The molecule has 4 heterocycles. The molecule has 180 valence electrons. The maximum absolute atomic E-state index is 14.7. The quantitative estimate of drug-likeness (QED) is 0.659. The Labute approximate surface area is 209 Å². The molecule has 2 aromatic rings. The van der Waals surface area contributed by atoms with Crippen LogP contribution in [-0.2, 0) is 10.2 Å². The van der Waals surface area contributed by atoms with Crippen LogP contribution in [0.3, 0.4) is 0 Å². The number of rotatable bonds is 2. The van der Waals surface area contributed by atoms with Gasteiger partial charge in [0.05, 0.1) is 34.8 Å². The third kappa shape index (κ3) is 2.39. The number of carbonyl (C=O) groups is 1. The van der Waals surface area contributed by atoms with Crippen molar-refractivity contribution in [2.45, 2.75) is 51.0 Å². The Hall–Kier alpha value is -4.43. The molecule has 0 fully saturated rings. The molecular weight excluding hydrogens is 452 g/mol. The van der Waals surface area contributed by atoms with E-state index in [1.54, 1.807) is 9.80 Å². The molecule has 8 nitrogen and oxygen atoms in total. The van der Waals surface area contributed by atoms with Gasteiger partial charge in [-0.15, -0.1) is 0 Å². The van der Waals surface area contributed by atoms with E-state index in [-0.39, 0.29) is 28.8 Å². The predicted molar refractivity (Wildman–Crippen MR) is 136 cm³/mol. The first-order chi connectivity index (χ1) is 17.2. The van der Waals surface area contributed by atoms with Gasteiger partial charge in [-0.05, 0) is 62.9 Å². The van der Waals surface area contributed by atoms with E-state index in [0.29, 0.717) is 23.7 Å². The number of amides is 1. The van der Waals surface area contributed by atoms with E-state index >= 15 is 0 Å². The van der Waals surface area contributed by atoms with Gasteiger partial charge in [0.1, 0.15) is 29.5 Å². The molecule has 2 atom stereocenters. The number of hydrogen-bond acceptors (Lipinski definition) is 7. The van der Waals surface area contributed by atoms with Crippen LogP contribution >= 0.6 is 0 Å². The predicted octanol–water partition coefficient (Wildman–Crippen LogP) is 4.33. The molecule has 6 rings (SSSR count). The van der Waals surface area contributed by atoms with Crippen molar-refractivity contribution in [2.75, 3.05) is 21.7 Å². The monoisotopic (exact) mass is 478 g/mol. The fourth-order valence-electron chi connectivity index (χ4n) is 6.57. The minimum Gasteiger partial charge on any atom is -0.494 e. The minimum atomic E-state index is -1.67. The summed E-state index contributed by atoms with van der Waals surface area (Å²) < 4.78 is 5.92. The topological polar surface area (TPSA) is 118 Å². The number of ether oxygens (including phenoxy) is 1. The molecule has 4 aliphatic heterocycles. The number of nitrogens with one attached hydrogen (secondary N) is 1. The molecule has 36 heavy (non-hydrogen) atoms. The van der Waals surface area contributed by atoms with Crippen LogP contribution in [-0.4, -0.2) is 18.1 Å². The standard InChI is InChI=1S/C28H26N6O2/c1-5-36-16-10-17-15(2)12-27(3,4)34-23(17)18(11-16)28(26(34)35)19(13-29)24(31)33-22-9-7-6-8-21(22)32-25(33)20(28)14-30/h6-11,15,32H,5,12,31H2,1-4H3/t15-,28+/m1/s1. The number of nitriles is 2. The molecule has 0 saturated heterocycles. The van der Waals surface area contributed by atoms with E-state index in [4.69, 9.17) is 10.5 Å². The zero-order valence-corrected chi connectivity index (χ0v) is 20.6. The lowest BCUT2D eigenvalue weighted by atomic mass is 9.67. The van der Waals surface area contributed by atoms with E-state index in [9.17, 15) is 15.3 Å². The highest BCUT2D eigenvalue weighted by Gasteiger charge is 2.65.